The molecular formula is C7H14O4. The van der Waals surface area contributed by atoms with Gasteiger partial charge < -0.3 is 14.6 Å². The van der Waals surface area contributed by atoms with E-state index in [1.807, 2.05) is 0 Å². The Hall–Kier alpha value is -0.770. The highest BCUT2D eigenvalue weighted by Gasteiger charge is 2.08. The van der Waals surface area contributed by atoms with Gasteiger partial charge in [-0.2, -0.15) is 0 Å². The lowest BCUT2D eigenvalue weighted by atomic mass is 10.3. The molecule has 0 bridgehead atoms. The summed E-state index contributed by atoms with van der Waals surface area (Å²) in [6, 6.07) is 0. The predicted molar refractivity (Wildman–Crippen MR) is 39.3 cm³/mol. The topological polar surface area (TPSA) is 55.8 Å². The van der Waals surface area contributed by atoms with Gasteiger partial charge in [0.25, 0.3) is 0 Å². The third-order valence-electron chi connectivity index (χ3n) is 1.10. The van der Waals surface area contributed by atoms with Crippen LogP contribution in [0.25, 0.3) is 0 Å². The van der Waals surface area contributed by atoms with Crippen LogP contribution in [0.3, 0.4) is 0 Å². The predicted octanol–water partition coefficient (Wildman–Crippen LogP) is 0.930. The molecule has 0 saturated heterocycles. The standard InChI is InChI=1S/C7H14O4/c1-3-10-7(9)11-6(2)4-5-8/h6,8H,3-5H2,1-2H3. The van der Waals surface area contributed by atoms with Gasteiger partial charge in [0.2, 0.25) is 0 Å². The number of aliphatic hydroxyl groups is 1. The third-order valence-corrected chi connectivity index (χ3v) is 1.10. The van der Waals surface area contributed by atoms with Crippen LogP contribution in [0.4, 0.5) is 4.79 Å². The van der Waals surface area contributed by atoms with E-state index in [1.165, 1.54) is 0 Å². The molecule has 0 heterocycles. The maximum Gasteiger partial charge on any atom is 0.508 e. The van der Waals surface area contributed by atoms with Gasteiger partial charge in [0, 0.05) is 13.0 Å². The van der Waals surface area contributed by atoms with E-state index in [4.69, 9.17) is 9.84 Å². The fourth-order valence-electron chi connectivity index (χ4n) is 0.557. The largest absolute Gasteiger partial charge is 0.508 e. The molecule has 0 aliphatic heterocycles. The number of ether oxygens (including phenoxy) is 2. The van der Waals surface area contributed by atoms with E-state index < -0.39 is 6.16 Å². The minimum atomic E-state index is -0.673. The van der Waals surface area contributed by atoms with Crippen LogP contribution in [0.2, 0.25) is 0 Å². The maximum absolute atomic E-state index is 10.6. The lowest BCUT2D eigenvalue weighted by molar-refractivity contribution is 0.0247. The van der Waals surface area contributed by atoms with Crippen molar-refractivity contribution in [3.63, 3.8) is 0 Å². The molecule has 0 amide bonds. The van der Waals surface area contributed by atoms with E-state index >= 15 is 0 Å². The first-order chi connectivity index (χ1) is 5.20. The number of hydrogen-bond acceptors (Lipinski definition) is 4. The second-order valence-corrected chi connectivity index (χ2v) is 2.12. The van der Waals surface area contributed by atoms with Crippen LogP contribution in [-0.4, -0.2) is 30.6 Å². The summed E-state index contributed by atoms with van der Waals surface area (Å²) >= 11 is 0. The van der Waals surface area contributed by atoms with Crippen molar-refractivity contribution in [2.75, 3.05) is 13.2 Å². The van der Waals surface area contributed by atoms with Gasteiger partial charge in [-0.15, -0.1) is 0 Å². The van der Waals surface area contributed by atoms with E-state index in [2.05, 4.69) is 4.74 Å². The number of rotatable bonds is 4. The average Bonchev–Trinajstić information content (AvgIpc) is 1.87. The van der Waals surface area contributed by atoms with Crippen molar-refractivity contribution in [2.45, 2.75) is 26.4 Å². The van der Waals surface area contributed by atoms with Gasteiger partial charge in [-0.3, -0.25) is 0 Å². The molecule has 0 spiro atoms. The van der Waals surface area contributed by atoms with Gasteiger partial charge in [-0.05, 0) is 13.8 Å². The zero-order chi connectivity index (χ0) is 8.69. The summed E-state index contributed by atoms with van der Waals surface area (Å²) in [7, 11) is 0. The van der Waals surface area contributed by atoms with Gasteiger partial charge in [0.15, 0.2) is 0 Å². The first-order valence-corrected chi connectivity index (χ1v) is 3.65. The number of carbonyl (C=O) groups excluding carboxylic acids is 1. The Balaban J connectivity index is 3.40. The third kappa shape index (κ3) is 5.66. The molecule has 1 atom stereocenters. The second kappa shape index (κ2) is 5.97. The SMILES string of the molecule is CCOC(=O)OC(C)CCO. The van der Waals surface area contributed by atoms with E-state index in [1.54, 1.807) is 13.8 Å². The van der Waals surface area contributed by atoms with E-state index in [0.29, 0.717) is 13.0 Å². The molecule has 0 saturated carbocycles. The average molecular weight is 162 g/mol. The molecule has 11 heavy (non-hydrogen) atoms. The number of carbonyl (C=O) groups is 1. The summed E-state index contributed by atoms with van der Waals surface area (Å²) in [6.45, 7) is 3.73. The van der Waals surface area contributed by atoms with Crippen molar-refractivity contribution < 1.29 is 19.4 Å². The summed E-state index contributed by atoms with van der Waals surface area (Å²) in [5.74, 6) is 0. The Morgan fingerprint density at radius 2 is 2.27 bits per heavy atom. The molecule has 0 aromatic heterocycles. The molecular weight excluding hydrogens is 148 g/mol. The monoisotopic (exact) mass is 162 g/mol. The smallest absolute Gasteiger partial charge is 0.435 e. The molecule has 0 aromatic carbocycles. The van der Waals surface area contributed by atoms with Crippen molar-refractivity contribution in [3.05, 3.63) is 0 Å². The van der Waals surface area contributed by atoms with Gasteiger partial charge in [-0.1, -0.05) is 0 Å². The molecule has 66 valence electrons. The molecule has 0 aliphatic carbocycles. The number of aliphatic hydroxyl groups excluding tert-OH is 1. The molecule has 0 radical (unpaired) electrons. The lowest BCUT2D eigenvalue weighted by Crippen LogP contribution is -2.16. The normalized spacial score (nSPS) is 12.3. The Morgan fingerprint density at radius 3 is 2.73 bits per heavy atom. The lowest BCUT2D eigenvalue weighted by Gasteiger charge is -2.10. The summed E-state index contributed by atoms with van der Waals surface area (Å²) < 4.78 is 9.23. The fraction of sp³-hybridized carbons (Fsp3) is 0.857. The second-order valence-electron chi connectivity index (χ2n) is 2.12. The molecule has 4 nitrogen and oxygen atoms in total. The first-order valence-electron chi connectivity index (χ1n) is 3.65. The van der Waals surface area contributed by atoms with Crippen LogP contribution in [0, 0.1) is 0 Å². The molecule has 4 heteroatoms. The Kier molecular flexibility index (Phi) is 5.56. The first kappa shape index (κ1) is 10.2. The van der Waals surface area contributed by atoms with Crippen LogP contribution in [0.15, 0.2) is 0 Å². The molecule has 0 fully saturated rings. The molecule has 0 rings (SSSR count). The highest BCUT2D eigenvalue weighted by Crippen LogP contribution is 1.98. The van der Waals surface area contributed by atoms with E-state index in [-0.39, 0.29) is 12.7 Å². The van der Waals surface area contributed by atoms with Crippen molar-refractivity contribution in [1.82, 2.24) is 0 Å². The van der Waals surface area contributed by atoms with Crippen LogP contribution >= 0.6 is 0 Å². The number of hydrogen-bond donors (Lipinski definition) is 1. The zero-order valence-electron chi connectivity index (χ0n) is 6.87. The van der Waals surface area contributed by atoms with Crippen molar-refractivity contribution in [2.24, 2.45) is 0 Å². The Bertz CT molecular complexity index is 113. The molecule has 0 aromatic rings. The Labute approximate surface area is 66.1 Å². The molecule has 1 N–H and O–H groups in total. The summed E-state index contributed by atoms with van der Waals surface area (Å²) in [6.07, 6.45) is -0.508. The van der Waals surface area contributed by atoms with Gasteiger partial charge >= 0.3 is 6.16 Å². The minimum Gasteiger partial charge on any atom is -0.435 e. The van der Waals surface area contributed by atoms with E-state index in [9.17, 15) is 4.79 Å². The van der Waals surface area contributed by atoms with E-state index in [0.717, 1.165) is 0 Å². The highest BCUT2D eigenvalue weighted by atomic mass is 16.7. The molecule has 0 aliphatic rings. The summed E-state index contributed by atoms with van der Waals surface area (Å²) in [4.78, 5) is 10.6. The fourth-order valence-corrected chi connectivity index (χ4v) is 0.557. The zero-order valence-corrected chi connectivity index (χ0v) is 6.87. The van der Waals surface area contributed by atoms with Crippen LogP contribution in [0.5, 0.6) is 0 Å². The van der Waals surface area contributed by atoms with Crippen LogP contribution in [-0.2, 0) is 9.47 Å². The summed E-state index contributed by atoms with van der Waals surface area (Å²) in [5.41, 5.74) is 0. The molecule has 1 unspecified atom stereocenters. The summed E-state index contributed by atoms with van der Waals surface area (Å²) in [5, 5.41) is 8.45. The Morgan fingerprint density at radius 1 is 1.64 bits per heavy atom. The van der Waals surface area contributed by atoms with Crippen LogP contribution in [0.1, 0.15) is 20.3 Å². The van der Waals surface area contributed by atoms with Gasteiger partial charge in [0.05, 0.1) is 6.61 Å². The maximum atomic E-state index is 10.6. The highest BCUT2D eigenvalue weighted by molar-refractivity contribution is 5.59. The van der Waals surface area contributed by atoms with Crippen molar-refractivity contribution in [1.29, 1.82) is 0 Å². The van der Waals surface area contributed by atoms with Gasteiger partial charge in [0.1, 0.15) is 6.10 Å². The minimum absolute atomic E-state index is 0.0145. The van der Waals surface area contributed by atoms with Crippen molar-refractivity contribution in [3.8, 4) is 0 Å². The quantitative estimate of drug-likeness (QED) is 0.625. The van der Waals surface area contributed by atoms with Gasteiger partial charge in [-0.25, -0.2) is 4.79 Å². The van der Waals surface area contributed by atoms with Crippen LogP contribution < -0.4 is 0 Å². The van der Waals surface area contributed by atoms with Crippen molar-refractivity contribution >= 4 is 6.16 Å².